The molecule has 1 fully saturated rings. The van der Waals surface area contributed by atoms with Gasteiger partial charge in [0.1, 0.15) is 10.6 Å². The molecule has 1 amide bonds. The third-order valence-electron chi connectivity index (χ3n) is 3.74. The molecule has 1 aromatic rings. The van der Waals surface area contributed by atoms with E-state index in [1.54, 1.807) is 13.1 Å². The van der Waals surface area contributed by atoms with Crippen LogP contribution in [-0.4, -0.2) is 41.1 Å². The van der Waals surface area contributed by atoms with Gasteiger partial charge < -0.3 is 15.4 Å². The highest BCUT2D eigenvalue weighted by Gasteiger charge is 2.30. The number of rotatable bonds is 8. The molecule has 1 saturated carbocycles. The zero-order valence-electron chi connectivity index (χ0n) is 14.0. The van der Waals surface area contributed by atoms with Gasteiger partial charge in [-0.05, 0) is 38.9 Å². The van der Waals surface area contributed by atoms with Crippen molar-refractivity contribution in [2.75, 3.05) is 26.0 Å². The Kier molecular flexibility index (Phi) is 7.47. The van der Waals surface area contributed by atoms with Gasteiger partial charge in [0.05, 0.1) is 7.11 Å². The quantitative estimate of drug-likeness (QED) is 0.635. The van der Waals surface area contributed by atoms with Crippen LogP contribution >= 0.6 is 12.4 Å². The Morgan fingerprint density at radius 1 is 1.38 bits per heavy atom. The highest BCUT2D eigenvalue weighted by Crippen LogP contribution is 2.32. The number of nitrogens with one attached hydrogen (secondary N) is 3. The van der Waals surface area contributed by atoms with Crippen LogP contribution in [0.4, 0.5) is 5.69 Å². The van der Waals surface area contributed by atoms with Crippen molar-refractivity contribution < 1.29 is 17.9 Å². The van der Waals surface area contributed by atoms with E-state index < -0.39 is 10.0 Å². The lowest BCUT2D eigenvalue weighted by Gasteiger charge is -2.15. The van der Waals surface area contributed by atoms with E-state index in [4.69, 9.17) is 4.74 Å². The molecule has 0 aromatic heterocycles. The molecule has 0 saturated heterocycles. The maximum atomic E-state index is 12.4. The topological polar surface area (TPSA) is 96.5 Å². The summed E-state index contributed by atoms with van der Waals surface area (Å²) in [5.74, 6) is 0.237. The number of amides is 1. The fourth-order valence-corrected chi connectivity index (χ4v) is 3.25. The van der Waals surface area contributed by atoms with Crippen molar-refractivity contribution in [3.8, 4) is 5.75 Å². The van der Waals surface area contributed by atoms with Crippen molar-refractivity contribution in [1.29, 1.82) is 0 Å². The SMILES string of the molecule is CNC(C)CNS(=O)(=O)c1ccc(NC(=O)C2CC2)cc1OC.Cl. The predicted octanol–water partition coefficient (Wildman–Crippen LogP) is 1.35. The van der Waals surface area contributed by atoms with Crippen molar-refractivity contribution in [1.82, 2.24) is 10.0 Å². The van der Waals surface area contributed by atoms with Crippen LogP contribution in [-0.2, 0) is 14.8 Å². The second kappa shape index (κ2) is 8.66. The first kappa shape index (κ1) is 20.7. The fourth-order valence-electron chi connectivity index (χ4n) is 1.97. The molecule has 0 radical (unpaired) electrons. The Balaban J connectivity index is 0.00000288. The summed E-state index contributed by atoms with van der Waals surface area (Å²) in [5, 5.41) is 5.73. The van der Waals surface area contributed by atoms with Crippen LogP contribution in [0.2, 0.25) is 0 Å². The van der Waals surface area contributed by atoms with Gasteiger partial charge in [0.2, 0.25) is 15.9 Å². The fraction of sp³-hybridized carbons (Fsp3) is 0.533. The van der Waals surface area contributed by atoms with E-state index in [0.717, 1.165) is 12.8 Å². The maximum Gasteiger partial charge on any atom is 0.244 e. The van der Waals surface area contributed by atoms with Crippen LogP contribution in [0.5, 0.6) is 5.75 Å². The molecule has 0 bridgehead atoms. The van der Waals surface area contributed by atoms with Crippen molar-refractivity contribution >= 4 is 34.0 Å². The second-order valence-electron chi connectivity index (χ2n) is 5.67. The smallest absolute Gasteiger partial charge is 0.244 e. The first-order valence-corrected chi connectivity index (χ1v) is 9.01. The molecule has 1 aliphatic rings. The Hall–Kier alpha value is -1.35. The van der Waals surface area contributed by atoms with Gasteiger partial charge >= 0.3 is 0 Å². The van der Waals surface area contributed by atoms with Crippen LogP contribution in [0.1, 0.15) is 19.8 Å². The molecule has 24 heavy (non-hydrogen) atoms. The minimum Gasteiger partial charge on any atom is -0.495 e. The van der Waals surface area contributed by atoms with E-state index in [9.17, 15) is 13.2 Å². The van der Waals surface area contributed by atoms with E-state index in [0.29, 0.717) is 5.69 Å². The van der Waals surface area contributed by atoms with Gasteiger partial charge in [-0.1, -0.05) is 0 Å². The number of halogens is 1. The van der Waals surface area contributed by atoms with Crippen LogP contribution in [0, 0.1) is 5.92 Å². The molecule has 7 nitrogen and oxygen atoms in total. The summed E-state index contributed by atoms with van der Waals surface area (Å²) >= 11 is 0. The highest BCUT2D eigenvalue weighted by atomic mass is 35.5. The third kappa shape index (κ3) is 5.34. The standard InChI is InChI=1S/C15H23N3O4S.ClH/c1-10(16-2)9-17-23(20,21)14-7-6-12(8-13(14)22-3)18-15(19)11-4-5-11;/h6-8,10-11,16-17H,4-5,9H2,1-3H3,(H,18,19);1H. The lowest BCUT2D eigenvalue weighted by atomic mass is 10.3. The van der Waals surface area contributed by atoms with Gasteiger partial charge in [-0.3, -0.25) is 4.79 Å². The first-order valence-electron chi connectivity index (χ1n) is 7.53. The molecular weight excluding hydrogens is 354 g/mol. The summed E-state index contributed by atoms with van der Waals surface area (Å²) in [7, 11) is -0.524. The highest BCUT2D eigenvalue weighted by molar-refractivity contribution is 7.89. The summed E-state index contributed by atoms with van der Waals surface area (Å²) in [5.41, 5.74) is 0.529. The Labute approximate surface area is 149 Å². The normalized spacial score (nSPS) is 15.3. The number of methoxy groups -OCH3 is 1. The number of likely N-dealkylation sites (N-methyl/N-ethyl adjacent to an activating group) is 1. The molecule has 136 valence electrons. The van der Waals surface area contributed by atoms with Crippen molar-refractivity contribution in [3.05, 3.63) is 18.2 Å². The summed E-state index contributed by atoms with van der Waals surface area (Å²) in [6.45, 7) is 2.14. The number of carbonyl (C=O) groups is 1. The molecule has 1 aromatic carbocycles. The number of benzene rings is 1. The monoisotopic (exact) mass is 377 g/mol. The van der Waals surface area contributed by atoms with Crippen molar-refractivity contribution in [2.24, 2.45) is 5.92 Å². The predicted molar refractivity (Wildman–Crippen MR) is 95.3 cm³/mol. The molecule has 9 heteroatoms. The largest absolute Gasteiger partial charge is 0.495 e. The summed E-state index contributed by atoms with van der Waals surface area (Å²) in [4.78, 5) is 11.8. The molecule has 0 heterocycles. The third-order valence-corrected chi connectivity index (χ3v) is 5.20. The average molecular weight is 378 g/mol. The Morgan fingerprint density at radius 3 is 2.58 bits per heavy atom. The van der Waals surface area contributed by atoms with Crippen LogP contribution in [0.15, 0.2) is 23.1 Å². The van der Waals surface area contributed by atoms with Crippen molar-refractivity contribution in [2.45, 2.75) is 30.7 Å². The van der Waals surface area contributed by atoms with Gasteiger partial charge in [0.15, 0.2) is 0 Å². The Morgan fingerprint density at radius 2 is 2.04 bits per heavy atom. The molecule has 1 atom stereocenters. The van der Waals surface area contributed by atoms with Gasteiger partial charge in [-0.15, -0.1) is 12.4 Å². The van der Waals surface area contributed by atoms with E-state index in [1.807, 2.05) is 6.92 Å². The number of hydrogen-bond donors (Lipinski definition) is 3. The van der Waals surface area contributed by atoms with E-state index in [1.165, 1.54) is 19.2 Å². The number of sulfonamides is 1. The number of hydrogen-bond acceptors (Lipinski definition) is 5. The molecule has 2 rings (SSSR count). The minimum absolute atomic E-state index is 0. The number of anilines is 1. The molecule has 3 N–H and O–H groups in total. The molecule has 0 aliphatic heterocycles. The van der Waals surface area contributed by atoms with E-state index in [2.05, 4.69) is 15.4 Å². The molecular formula is C15H24ClN3O4S. The molecule has 0 spiro atoms. The molecule has 1 aliphatic carbocycles. The first-order chi connectivity index (χ1) is 10.9. The summed E-state index contributed by atoms with van der Waals surface area (Å²) < 4.78 is 32.5. The van der Waals surface area contributed by atoms with Crippen LogP contribution < -0.4 is 20.1 Å². The number of carbonyl (C=O) groups excluding carboxylic acids is 1. The summed E-state index contributed by atoms with van der Waals surface area (Å²) in [6.07, 6.45) is 1.81. The van der Waals surface area contributed by atoms with Gasteiger partial charge in [0, 0.05) is 30.3 Å². The number of ether oxygens (including phenoxy) is 1. The zero-order valence-corrected chi connectivity index (χ0v) is 15.6. The van der Waals surface area contributed by atoms with Crippen molar-refractivity contribution in [3.63, 3.8) is 0 Å². The van der Waals surface area contributed by atoms with E-state index >= 15 is 0 Å². The zero-order chi connectivity index (χ0) is 17.0. The minimum atomic E-state index is -3.69. The average Bonchev–Trinajstić information content (AvgIpc) is 3.37. The Bertz CT molecular complexity index is 677. The van der Waals surface area contributed by atoms with Crippen LogP contribution in [0.25, 0.3) is 0 Å². The summed E-state index contributed by atoms with van der Waals surface area (Å²) in [6, 6.07) is 4.54. The van der Waals surface area contributed by atoms with E-state index in [-0.39, 0.29) is 47.5 Å². The lowest BCUT2D eigenvalue weighted by Crippen LogP contribution is -2.37. The molecule has 1 unspecified atom stereocenters. The maximum absolute atomic E-state index is 12.4. The second-order valence-corrected chi connectivity index (χ2v) is 7.41. The van der Waals surface area contributed by atoms with Gasteiger partial charge in [-0.2, -0.15) is 0 Å². The van der Waals surface area contributed by atoms with Gasteiger partial charge in [0.25, 0.3) is 0 Å². The lowest BCUT2D eigenvalue weighted by molar-refractivity contribution is -0.117. The van der Waals surface area contributed by atoms with Gasteiger partial charge in [-0.25, -0.2) is 13.1 Å². The van der Waals surface area contributed by atoms with Crippen LogP contribution in [0.3, 0.4) is 0 Å².